The first kappa shape index (κ1) is 15.4. The maximum atomic E-state index is 5.85. The molecule has 0 atom stereocenters. The number of hydroxylamine groups is 1. The zero-order valence-corrected chi connectivity index (χ0v) is 12.9. The van der Waals surface area contributed by atoms with Gasteiger partial charge in [-0.3, -0.25) is 10.3 Å². The second kappa shape index (κ2) is 7.72. The van der Waals surface area contributed by atoms with Crippen LogP contribution < -0.4 is 10.2 Å². The van der Waals surface area contributed by atoms with Crippen LogP contribution in [0.4, 0.5) is 0 Å². The van der Waals surface area contributed by atoms with Gasteiger partial charge in [-0.05, 0) is 67.9 Å². The molecular weight excluding hydrogens is 286 g/mol. The average molecular weight is 304 g/mol. The van der Waals surface area contributed by atoms with Crippen LogP contribution in [-0.4, -0.2) is 6.61 Å². The Kier molecular flexibility index (Phi) is 5.67. The summed E-state index contributed by atoms with van der Waals surface area (Å²) in [5.41, 5.74) is 4.88. The van der Waals surface area contributed by atoms with Crippen molar-refractivity contribution in [2.75, 3.05) is 6.61 Å². The van der Waals surface area contributed by atoms with E-state index in [1.165, 1.54) is 0 Å². The molecule has 2 aromatic carbocycles. The lowest BCUT2D eigenvalue weighted by atomic mass is 10.1. The van der Waals surface area contributed by atoms with Crippen LogP contribution in [0.25, 0.3) is 5.70 Å². The summed E-state index contributed by atoms with van der Waals surface area (Å²) in [5.74, 6) is 1.53. The zero-order chi connectivity index (χ0) is 15.1. The molecule has 4 heteroatoms. The van der Waals surface area contributed by atoms with Crippen molar-refractivity contribution in [1.29, 1.82) is 0 Å². The third kappa shape index (κ3) is 4.52. The molecule has 0 radical (unpaired) electrons. The fraction of sp³-hybridized carbons (Fsp3) is 0.176. The molecule has 0 saturated heterocycles. The van der Waals surface area contributed by atoms with Crippen LogP contribution in [0.15, 0.2) is 54.6 Å². The Morgan fingerprint density at radius 3 is 2.14 bits per heavy atom. The van der Waals surface area contributed by atoms with Gasteiger partial charge < -0.3 is 4.74 Å². The summed E-state index contributed by atoms with van der Waals surface area (Å²) in [4.78, 5) is 5.22. The molecule has 2 aromatic rings. The Balaban J connectivity index is 2.06. The second-order valence-corrected chi connectivity index (χ2v) is 4.75. The van der Waals surface area contributed by atoms with Gasteiger partial charge in [-0.25, -0.2) is 0 Å². The molecule has 0 fully saturated rings. The summed E-state index contributed by atoms with van der Waals surface area (Å²) >= 11 is 5.85. The Morgan fingerprint density at radius 2 is 1.62 bits per heavy atom. The minimum absolute atomic E-state index is 0.606. The fourth-order valence-corrected chi connectivity index (χ4v) is 1.90. The predicted molar refractivity (Wildman–Crippen MR) is 86.4 cm³/mol. The minimum atomic E-state index is 0.606. The smallest absolute Gasteiger partial charge is 0.127 e. The minimum Gasteiger partial charge on any atom is -0.457 e. The van der Waals surface area contributed by atoms with Gasteiger partial charge in [0.05, 0.1) is 12.3 Å². The number of nitrogens with one attached hydrogen (secondary N) is 1. The summed E-state index contributed by atoms with van der Waals surface area (Å²) in [7, 11) is 0. The first-order valence-electron chi connectivity index (χ1n) is 6.81. The number of benzene rings is 2. The highest BCUT2D eigenvalue weighted by Crippen LogP contribution is 2.24. The monoisotopic (exact) mass is 303 g/mol. The van der Waals surface area contributed by atoms with Crippen molar-refractivity contribution in [3.05, 3.63) is 65.2 Å². The molecule has 2 rings (SSSR count). The van der Waals surface area contributed by atoms with Crippen molar-refractivity contribution in [3.63, 3.8) is 0 Å². The SMILES string of the molecule is CC=C(NOCC)c1ccc(Oc2ccc(Cl)cc2)cc1. The van der Waals surface area contributed by atoms with Gasteiger partial charge in [-0.2, -0.15) is 0 Å². The van der Waals surface area contributed by atoms with Gasteiger partial charge in [0.15, 0.2) is 0 Å². The third-order valence-electron chi connectivity index (χ3n) is 2.83. The van der Waals surface area contributed by atoms with Crippen LogP contribution in [0, 0.1) is 0 Å². The standard InChI is InChI=1S/C17H18ClNO2/c1-3-17(19-20-4-2)13-5-9-15(10-6-13)21-16-11-7-14(18)8-12-16/h3,5-12,19H,4H2,1-2H3. The topological polar surface area (TPSA) is 30.5 Å². The summed E-state index contributed by atoms with van der Waals surface area (Å²) in [6, 6.07) is 15.1. The fourth-order valence-electron chi connectivity index (χ4n) is 1.78. The van der Waals surface area contributed by atoms with E-state index in [2.05, 4.69) is 5.48 Å². The van der Waals surface area contributed by atoms with E-state index < -0.39 is 0 Å². The van der Waals surface area contributed by atoms with Crippen molar-refractivity contribution in [3.8, 4) is 11.5 Å². The molecule has 3 nitrogen and oxygen atoms in total. The molecule has 110 valence electrons. The van der Waals surface area contributed by atoms with Gasteiger partial charge >= 0.3 is 0 Å². The Morgan fingerprint density at radius 1 is 1.05 bits per heavy atom. The zero-order valence-electron chi connectivity index (χ0n) is 12.1. The lowest BCUT2D eigenvalue weighted by Crippen LogP contribution is -2.12. The van der Waals surface area contributed by atoms with E-state index in [0.717, 1.165) is 22.8 Å². The first-order chi connectivity index (χ1) is 10.2. The molecule has 0 heterocycles. The lowest BCUT2D eigenvalue weighted by molar-refractivity contribution is 0.0899. The number of ether oxygens (including phenoxy) is 1. The van der Waals surface area contributed by atoms with Crippen LogP contribution in [-0.2, 0) is 4.84 Å². The van der Waals surface area contributed by atoms with Gasteiger partial charge in [-0.15, -0.1) is 0 Å². The van der Waals surface area contributed by atoms with E-state index in [4.69, 9.17) is 21.2 Å². The molecule has 21 heavy (non-hydrogen) atoms. The molecule has 0 aliphatic carbocycles. The van der Waals surface area contributed by atoms with Crippen LogP contribution >= 0.6 is 11.6 Å². The molecule has 0 amide bonds. The number of hydrogen-bond acceptors (Lipinski definition) is 3. The van der Waals surface area contributed by atoms with Crippen LogP contribution in [0.2, 0.25) is 5.02 Å². The second-order valence-electron chi connectivity index (χ2n) is 4.32. The van der Waals surface area contributed by atoms with E-state index in [-0.39, 0.29) is 0 Å². The molecule has 0 saturated carbocycles. The Bertz CT molecular complexity index is 591. The largest absolute Gasteiger partial charge is 0.457 e. The molecule has 0 unspecified atom stereocenters. The van der Waals surface area contributed by atoms with Gasteiger partial charge in [0.1, 0.15) is 11.5 Å². The van der Waals surface area contributed by atoms with Crippen molar-refractivity contribution >= 4 is 17.3 Å². The average Bonchev–Trinajstić information content (AvgIpc) is 2.52. The lowest BCUT2D eigenvalue weighted by Gasteiger charge is -2.11. The first-order valence-corrected chi connectivity index (χ1v) is 7.18. The number of allylic oxidation sites excluding steroid dienone is 1. The molecule has 0 spiro atoms. The molecular formula is C17H18ClNO2. The van der Waals surface area contributed by atoms with Crippen molar-refractivity contribution < 1.29 is 9.57 Å². The molecule has 0 aliphatic heterocycles. The summed E-state index contributed by atoms with van der Waals surface area (Å²) in [6.07, 6.45) is 1.96. The van der Waals surface area contributed by atoms with Gasteiger partial charge in [0, 0.05) is 5.02 Å². The highest BCUT2D eigenvalue weighted by molar-refractivity contribution is 6.30. The van der Waals surface area contributed by atoms with E-state index in [1.807, 2.05) is 56.3 Å². The van der Waals surface area contributed by atoms with E-state index in [9.17, 15) is 0 Å². The number of rotatable bonds is 6. The van der Waals surface area contributed by atoms with Gasteiger partial charge in [-0.1, -0.05) is 17.7 Å². The molecule has 0 aromatic heterocycles. The predicted octanol–water partition coefficient (Wildman–Crippen LogP) is 5.03. The van der Waals surface area contributed by atoms with E-state index in [0.29, 0.717) is 11.6 Å². The highest BCUT2D eigenvalue weighted by atomic mass is 35.5. The molecule has 0 aliphatic rings. The Labute approximate surface area is 130 Å². The quantitative estimate of drug-likeness (QED) is 0.759. The maximum Gasteiger partial charge on any atom is 0.127 e. The number of halogens is 1. The van der Waals surface area contributed by atoms with Crippen molar-refractivity contribution in [2.24, 2.45) is 0 Å². The normalized spacial score (nSPS) is 11.3. The maximum absolute atomic E-state index is 5.85. The third-order valence-corrected chi connectivity index (χ3v) is 3.08. The summed E-state index contributed by atoms with van der Waals surface area (Å²) in [5, 5.41) is 0.692. The van der Waals surface area contributed by atoms with Crippen LogP contribution in [0.3, 0.4) is 0 Å². The van der Waals surface area contributed by atoms with Crippen LogP contribution in [0.5, 0.6) is 11.5 Å². The summed E-state index contributed by atoms with van der Waals surface area (Å²) in [6.45, 7) is 4.50. The summed E-state index contributed by atoms with van der Waals surface area (Å²) < 4.78 is 5.75. The molecule has 0 bridgehead atoms. The molecule has 1 N–H and O–H groups in total. The van der Waals surface area contributed by atoms with Gasteiger partial charge in [0.25, 0.3) is 0 Å². The number of hydrogen-bond donors (Lipinski definition) is 1. The van der Waals surface area contributed by atoms with Crippen molar-refractivity contribution in [2.45, 2.75) is 13.8 Å². The van der Waals surface area contributed by atoms with E-state index >= 15 is 0 Å². The Hall–Kier alpha value is -1.97. The highest BCUT2D eigenvalue weighted by Gasteiger charge is 2.02. The van der Waals surface area contributed by atoms with E-state index in [1.54, 1.807) is 12.1 Å². The van der Waals surface area contributed by atoms with Crippen molar-refractivity contribution in [1.82, 2.24) is 5.48 Å². The van der Waals surface area contributed by atoms with Crippen LogP contribution in [0.1, 0.15) is 19.4 Å². The van der Waals surface area contributed by atoms with Gasteiger partial charge in [0.2, 0.25) is 0 Å².